The molecule has 2 heteroatoms. The Bertz CT molecular complexity index is 187. The van der Waals surface area contributed by atoms with Gasteiger partial charge in [0.25, 0.3) is 0 Å². The van der Waals surface area contributed by atoms with Crippen LogP contribution < -0.4 is 0 Å². The van der Waals surface area contributed by atoms with E-state index in [4.69, 9.17) is 4.74 Å². The van der Waals surface area contributed by atoms with Crippen LogP contribution in [0.5, 0.6) is 0 Å². The van der Waals surface area contributed by atoms with E-state index in [1.165, 1.54) is 12.8 Å². The number of esters is 1. The van der Waals surface area contributed by atoms with Gasteiger partial charge in [-0.15, -0.1) is 0 Å². The van der Waals surface area contributed by atoms with Gasteiger partial charge in [0.1, 0.15) is 6.10 Å². The summed E-state index contributed by atoms with van der Waals surface area (Å²) >= 11 is 0. The predicted molar refractivity (Wildman–Crippen MR) is 52.4 cm³/mol. The zero-order valence-corrected chi connectivity index (χ0v) is 9.09. The third kappa shape index (κ3) is 3.02. The van der Waals surface area contributed by atoms with Crippen LogP contribution in [0.15, 0.2) is 0 Å². The fourth-order valence-electron chi connectivity index (χ4n) is 1.30. The number of carbonyl (C=O) groups is 1. The van der Waals surface area contributed by atoms with E-state index >= 15 is 0 Å². The van der Waals surface area contributed by atoms with E-state index in [-0.39, 0.29) is 17.5 Å². The van der Waals surface area contributed by atoms with Crippen LogP contribution in [0.3, 0.4) is 0 Å². The quantitative estimate of drug-likeness (QED) is 0.630. The van der Waals surface area contributed by atoms with E-state index in [1.54, 1.807) is 0 Å². The molecule has 0 heterocycles. The molecule has 2 nitrogen and oxygen atoms in total. The molecule has 0 saturated heterocycles. The average molecular weight is 184 g/mol. The Morgan fingerprint density at radius 2 is 2.00 bits per heavy atom. The van der Waals surface area contributed by atoms with Crippen molar-refractivity contribution in [3.63, 3.8) is 0 Å². The summed E-state index contributed by atoms with van der Waals surface area (Å²) in [6, 6.07) is 0. The van der Waals surface area contributed by atoms with Crippen LogP contribution >= 0.6 is 0 Å². The fraction of sp³-hybridized carbons (Fsp3) is 0.909. The molecule has 0 aromatic heterocycles. The molecule has 0 aromatic carbocycles. The Morgan fingerprint density at radius 1 is 1.46 bits per heavy atom. The van der Waals surface area contributed by atoms with Crippen molar-refractivity contribution in [1.82, 2.24) is 0 Å². The van der Waals surface area contributed by atoms with Crippen molar-refractivity contribution >= 4 is 5.97 Å². The lowest BCUT2D eigenvalue weighted by molar-refractivity contribution is -0.159. The Balaban J connectivity index is 2.41. The molecule has 0 spiro atoms. The summed E-state index contributed by atoms with van der Waals surface area (Å²) in [4.78, 5) is 11.5. The number of rotatable bonds is 3. The van der Waals surface area contributed by atoms with E-state index < -0.39 is 0 Å². The molecule has 1 saturated carbocycles. The molecule has 1 fully saturated rings. The molecule has 0 amide bonds. The van der Waals surface area contributed by atoms with Gasteiger partial charge in [-0.25, -0.2) is 0 Å². The molecular formula is C11H20O2. The van der Waals surface area contributed by atoms with Crippen molar-refractivity contribution < 1.29 is 9.53 Å². The molecule has 76 valence electrons. The highest BCUT2D eigenvalue weighted by Gasteiger charge is 2.35. The Kier molecular flexibility index (Phi) is 2.99. The lowest BCUT2D eigenvalue weighted by atomic mass is 9.97. The topological polar surface area (TPSA) is 26.3 Å². The second kappa shape index (κ2) is 3.69. The van der Waals surface area contributed by atoms with Crippen LogP contribution in [-0.4, -0.2) is 12.1 Å². The van der Waals surface area contributed by atoms with Gasteiger partial charge < -0.3 is 4.74 Å². The lowest BCUT2D eigenvalue weighted by Gasteiger charge is -2.22. The van der Waals surface area contributed by atoms with Crippen molar-refractivity contribution in [3.8, 4) is 0 Å². The first kappa shape index (κ1) is 10.6. The summed E-state index contributed by atoms with van der Waals surface area (Å²) in [5.74, 6) is 0.586. The molecule has 0 aromatic rings. The van der Waals surface area contributed by atoms with Gasteiger partial charge >= 0.3 is 5.97 Å². The lowest BCUT2D eigenvalue weighted by Crippen LogP contribution is -2.28. The number of carbonyl (C=O) groups excluding carboxylic acids is 1. The molecule has 1 atom stereocenters. The van der Waals surface area contributed by atoms with E-state index in [0.717, 1.165) is 6.42 Å². The minimum Gasteiger partial charge on any atom is -0.462 e. The largest absolute Gasteiger partial charge is 0.462 e. The van der Waals surface area contributed by atoms with Gasteiger partial charge in [0.15, 0.2) is 0 Å². The maximum Gasteiger partial charge on any atom is 0.311 e. The highest BCUT2D eigenvalue weighted by atomic mass is 16.5. The molecule has 1 aliphatic carbocycles. The first-order chi connectivity index (χ1) is 5.95. The van der Waals surface area contributed by atoms with Crippen molar-refractivity contribution in [3.05, 3.63) is 0 Å². The molecule has 1 rings (SSSR count). The highest BCUT2D eigenvalue weighted by Crippen LogP contribution is 2.36. The summed E-state index contributed by atoms with van der Waals surface area (Å²) in [6.07, 6.45) is 3.59. The molecule has 0 bridgehead atoms. The van der Waals surface area contributed by atoms with Crippen LogP contribution in [0.1, 0.15) is 47.0 Å². The number of hydrogen-bond acceptors (Lipinski definition) is 2. The zero-order valence-electron chi connectivity index (χ0n) is 9.09. The van der Waals surface area contributed by atoms with E-state index in [1.807, 2.05) is 20.8 Å². The Morgan fingerprint density at radius 3 is 2.31 bits per heavy atom. The highest BCUT2D eigenvalue weighted by molar-refractivity contribution is 5.75. The van der Waals surface area contributed by atoms with Crippen LogP contribution in [0.2, 0.25) is 0 Å². The molecule has 0 aliphatic heterocycles. The monoisotopic (exact) mass is 184 g/mol. The number of hydrogen-bond donors (Lipinski definition) is 0. The minimum atomic E-state index is -0.359. The number of ether oxygens (including phenoxy) is 1. The Hall–Kier alpha value is -0.530. The SMILES string of the molecule is CC[C@@H](OC(=O)C(C)(C)C)C1CC1. The predicted octanol–water partition coefficient (Wildman–Crippen LogP) is 2.76. The van der Waals surface area contributed by atoms with Crippen LogP contribution in [0.25, 0.3) is 0 Å². The molecular weight excluding hydrogens is 164 g/mol. The second-order valence-electron chi connectivity index (χ2n) is 4.94. The van der Waals surface area contributed by atoms with Crippen LogP contribution in [-0.2, 0) is 9.53 Å². The van der Waals surface area contributed by atoms with Gasteiger partial charge in [-0.05, 0) is 46.0 Å². The fourth-order valence-corrected chi connectivity index (χ4v) is 1.30. The van der Waals surface area contributed by atoms with E-state index in [2.05, 4.69) is 6.92 Å². The summed E-state index contributed by atoms with van der Waals surface area (Å²) < 4.78 is 5.45. The normalized spacial score (nSPS) is 19.7. The Labute approximate surface area is 80.7 Å². The summed E-state index contributed by atoms with van der Waals surface area (Å²) in [7, 11) is 0. The minimum absolute atomic E-state index is 0.0637. The zero-order chi connectivity index (χ0) is 10.1. The van der Waals surface area contributed by atoms with E-state index in [0.29, 0.717) is 5.92 Å². The van der Waals surface area contributed by atoms with Gasteiger partial charge in [0.05, 0.1) is 5.41 Å². The molecule has 0 N–H and O–H groups in total. The second-order valence-corrected chi connectivity index (χ2v) is 4.94. The van der Waals surface area contributed by atoms with Gasteiger partial charge in [0, 0.05) is 0 Å². The first-order valence-corrected chi connectivity index (χ1v) is 5.16. The summed E-state index contributed by atoms with van der Waals surface area (Å²) in [5.41, 5.74) is -0.359. The average Bonchev–Trinajstić information content (AvgIpc) is 2.80. The summed E-state index contributed by atoms with van der Waals surface area (Å²) in [6.45, 7) is 7.78. The van der Waals surface area contributed by atoms with Crippen molar-refractivity contribution in [1.29, 1.82) is 0 Å². The van der Waals surface area contributed by atoms with Crippen molar-refractivity contribution in [2.45, 2.75) is 53.1 Å². The molecule has 1 aliphatic rings. The van der Waals surface area contributed by atoms with Gasteiger partial charge in [-0.1, -0.05) is 6.92 Å². The third-order valence-corrected chi connectivity index (χ3v) is 2.42. The summed E-state index contributed by atoms with van der Waals surface area (Å²) in [5, 5.41) is 0. The van der Waals surface area contributed by atoms with Crippen LogP contribution in [0, 0.1) is 11.3 Å². The van der Waals surface area contributed by atoms with Gasteiger partial charge in [-0.2, -0.15) is 0 Å². The first-order valence-electron chi connectivity index (χ1n) is 5.16. The van der Waals surface area contributed by atoms with E-state index in [9.17, 15) is 4.79 Å². The maximum atomic E-state index is 11.5. The molecule has 0 radical (unpaired) electrons. The molecule has 0 unspecified atom stereocenters. The standard InChI is InChI=1S/C11H20O2/c1-5-9(8-6-7-8)13-10(12)11(2,3)4/h8-9H,5-7H2,1-4H3/t9-/m1/s1. The molecule has 13 heavy (non-hydrogen) atoms. The maximum absolute atomic E-state index is 11.5. The van der Waals surface area contributed by atoms with Gasteiger partial charge in [0.2, 0.25) is 0 Å². The van der Waals surface area contributed by atoms with Crippen LogP contribution in [0.4, 0.5) is 0 Å². The van der Waals surface area contributed by atoms with Gasteiger partial charge in [-0.3, -0.25) is 4.79 Å². The van der Waals surface area contributed by atoms with Crippen molar-refractivity contribution in [2.24, 2.45) is 11.3 Å². The van der Waals surface area contributed by atoms with Crippen molar-refractivity contribution in [2.75, 3.05) is 0 Å². The smallest absolute Gasteiger partial charge is 0.311 e. The third-order valence-electron chi connectivity index (χ3n) is 2.42.